The van der Waals surface area contributed by atoms with Gasteiger partial charge >= 0.3 is 5.97 Å². The van der Waals surface area contributed by atoms with Crippen LogP contribution in [0.25, 0.3) is 0 Å². The standard InChI is InChI=1S/C15H20N6O4/c1-3-6-16-15(25)13-10(8-20(4-2)19-13)18-14(24)11-5-7-17-21(11)9-12(22)23/h5,7-8H,3-4,6,9H2,1-2H3,(H,16,25)(H,18,24)(H,22,23). The van der Waals surface area contributed by atoms with E-state index in [1.165, 1.54) is 16.9 Å². The molecule has 0 unspecified atom stereocenters. The van der Waals surface area contributed by atoms with Crippen molar-refractivity contribution in [3.05, 3.63) is 29.8 Å². The van der Waals surface area contributed by atoms with E-state index in [-0.39, 0.29) is 23.0 Å². The quantitative estimate of drug-likeness (QED) is 0.639. The van der Waals surface area contributed by atoms with Crippen LogP contribution in [-0.2, 0) is 17.9 Å². The Balaban J connectivity index is 2.23. The lowest BCUT2D eigenvalue weighted by molar-refractivity contribution is -0.137. The highest BCUT2D eigenvalue weighted by Crippen LogP contribution is 2.15. The molecule has 2 aromatic rings. The Labute approximate surface area is 143 Å². The van der Waals surface area contributed by atoms with E-state index in [0.717, 1.165) is 11.1 Å². The van der Waals surface area contributed by atoms with Crippen LogP contribution in [0.15, 0.2) is 18.5 Å². The van der Waals surface area contributed by atoms with Crippen molar-refractivity contribution >= 4 is 23.5 Å². The minimum absolute atomic E-state index is 0.0755. The van der Waals surface area contributed by atoms with Gasteiger partial charge in [0.15, 0.2) is 5.69 Å². The van der Waals surface area contributed by atoms with Gasteiger partial charge in [-0.15, -0.1) is 0 Å². The number of carboxylic acid groups (broad SMARTS) is 1. The molecule has 2 rings (SSSR count). The average molecular weight is 348 g/mol. The van der Waals surface area contributed by atoms with Gasteiger partial charge in [-0.1, -0.05) is 6.92 Å². The lowest BCUT2D eigenvalue weighted by Gasteiger charge is -2.07. The molecule has 0 saturated heterocycles. The van der Waals surface area contributed by atoms with Gasteiger partial charge in [0.25, 0.3) is 11.8 Å². The van der Waals surface area contributed by atoms with Gasteiger partial charge in [-0.05, 0) is 19.4 Å². The molecule has 2 amide bonds. The van der Waals surface area contributed by atoms with Crippen molar-refractivity contribution in [3.63, 3.8) is 0 Å². The maximum atomic E-state index is 12.4. The van der Waals surface area contributed by atoms with Gasteiger partial charge in [0.1, 0.15) is 12.2 Å². The van der Waals surface area contributed by atoms with Crippen molar-refractivity contribution in [2.24, 2.45) is 0 Å². The molecule has 0 fully saturated rings. The molecule has 0 radical (unpaired) electrons. The molecular weight excluding hydrogens is 328 g/mol. The normalized spacial score (nSPS) is 10.5. The fourth-order valence-corrected chi connectivity index (χ4v) is 2.13. The van der Waals surface area contributed by atoms with Crippen LogP contribution >= 0.6 is 0 Å². The van der Waals surface area contributed by atoms with E-state index in [9.17, 15) is 14.4 Å². The van der Waals surface area contributed by atoms with Gasteiger partial charge in [0, 0.05) is 25.5 Å². The van der Waals surface area contributed by atoms with Crippen LogP contribution in [0.2, 0.25) is 0 Å². The molecule has 0 spiro atoms. The molecule has 0 aliphatic heterocycles. The van der Waals surface area contributed by atoms with Gasteiger partial charge in [0.2, 0.25) is 0 Å². The van der Waals surface area contributed by atoms with E-state index in [0.29, 0.717) is 13.1 Å². The molecule has 10 nitrogen and oxygen atoms in total. The number of carbonyl (C=O) groups is 3. The second-order valence-electron chi connectivity index (χ2n) is 5.22. The summed E-state index contributed by atoms with van der Waals surface area (Å²) in [7, 11) is 0. The number of nitrogens with zero attached hydrogens (tertiary/aromatic N) is 4. The third-order valence-electron chi connectivity index (χ3n) is 3.32. The molecule has 2 heterocycles. The number of amides is 2. The van der Waals surface area contributed by atoms with Gasteiger partial charge < -0.3 is 15.7 Å². The van der Waals surface area contributed by atoms with Gasteiger partial charge in [-0.2, -0.15) is 10.2 Å². The zero-order chi connectivity index (χ0) is 18.4. The number of aliphatic carboxylic acids is 1. The monoisotopic (exact) mass is 348 g/mol. The maximum absolute atomic E-state index is 12.4. The summed E-state index contributed by atoms with van der Waals surface area (Å²) in [5, 5.41) is 22.1. The van der Waals surface area contributed by atoms with Crippen molar-refractivity contribution in [2.45, 2.75) is 33.4 Å². The first kappa shape index (κ1) is 18.2. The van der Waals surface area contributed by atoms with Crippen LogP contribution in [-0.4, -0.2) is 49.0 Å². The van der Waals surface area contributed by atoms with Crippen LogP contribution in [0.1, 0.15) is 41.2 Å². The second kappa shape index (κ2) is 8.08. The predicted octanol–water partition coefficient (Wildman–Crippen LogP) is 0.576. The van der Waals surface area contributed by atoms with Crippen molar-refractivity contribution in [3.8, 4) is 0 Å². The summed E-state index contributed by atoms with van der Waals surface area (Å²) in [5.74, 6) is -2.07. The first-order valence-corrected chi connectivity index (χ1v) is 7.86. The number of nitrogens with one attached hydrogen (secondary N) is 2. The minimum Gasteiger partial charge on any atom is -0.480 e. The SMILES string of the molecule is CCCNC(=O)c1nn(CC)cc1NC(=O)c1ccnn1CC(=O)O. The summed E-state index contributed by atoms with van der Waals surface area (Å²) in [4.78, 5) is 35.5. The van der Waals surface area contributed by atoms with E-state index < -0.39 is 18.4 Å². The Morgan fingerprint density at radius 2 is 2.00 bits per heavy atom. The van der Waals surface area contributed by atoms with Crippen molar-refractivity contribution in [2.75, 3.05) is 11.9 Å². The molecule has 10 heteroatoms. The van der Waals surface area contributed by atoms with Gasteiger partial charge in [-0.25, -0.2) is 4.68 Å². The number of aryl methyl sites for hydroxylation is 1. The number of aromatic nitrogens is 4. The zero-order valence-corrected chi connectivity index (χ0v) is 14.0. The molecule has 134 valence electrons. The van der Waals surface area contributed by atoms with E-state index in [1.54, 1.807) is 6.20 Å². The Morgan fingerprint density at radius 3 is 2.64 bits per heavy atom. The molecule has 0 aliphatic carbocycles. The third-order valence-corrected chi connectivity index (χ3v) is 3.32. The fourth-order valence-electron chi connectivity index (χ4n) is 2.13. The summed E-state index contributed by atoms with van der Waals surface area (Å²) in [5.41, 5.74) is 0.433. The van der Waals surface area contributed by atoms with Crippen molar-refractivity contribution in [1.29, 1.82) is 0 Å². The summed E-state index contributed by atoms with van der Waals surface area (Å²) in [6.45, 7) is 4.37. The first-order chi connectivity index (χ1) is 12.0. The van der Waals surface area contributed by atoms with Crippen LogP contribution in [0, 0.1) is 0 Å². The zero-order valence-electron chi connectivity index (χ0n) is 14.0. The molecule has 0 bridgehead atoms. The smallest absolute Gasteiger partial charge is 0.325 e. The van der Waals surface area contributed by atoms with Crippen LogP contribution in [0.4, 0.5) is 5.69 Å². The number of carbonyl (C=O) groups excluding carboxylic acids is 2. The Bertz CT molecular complexity index is 779. The highest BCUT2D eigenvalue weighted by molar-refractivity contribution is 6.07. The molecule has 2 aromatic heterocycles. The second-order valence-corrected chi connectivity index (χ2v) is 5.22. The van der Waals surface area contributed by atoms with E-state index in [4.69, 9.17) is 5.11 Å². The maximum Gasteiger partial charge on any atom is 0.325 e. The molecule has 0 saturated carbocycles. The van der Waals surface area contributed by atoms with Crippen molar-refractivity contribution in [1.82, 2.24) is 24.9 Å². The number of hydrogen-bond donors (Lipinski definition) is 3. The van der Waals surface area contributed by atoms with Crippen LogP contribution < -0.4 is 10.6 Å². The van der Waals surface area contributed by atoms with Crippen molar-refractivity contribution < 1.29 is 19.5 Å². The number of hydrogen-bond acceptors (Lipinski definition) is 5. The highest BCUT2D eigenvalue weighted by atomic mass is 16.4. The average Bonchev–Trinajstić information content (AvgIpc) is 3.18. The predicted molar refractivity (Wildman–Crippen MR) is 88.3 cm³/mol. The number of anilines is 1. The van der Waals surface area contributed by atoms with Gasteiger partial charge in [-0.3, -0.25) is 19.1 Å². The lowest BCUT2D eigenvalue weighted by atomic mass is 10.3. The summed E-state index contributed by atoms with van der Waals surface area (Å²) < 4.78 is 2.60. The molecule has 3 N–H and O–H groups in total. The highest BCUT2D eigenvalue weighted by Gasteiger charge is 2.21. The Kier molecular flexibility index (Phi) is 5.88. The molecule has 0 aromatic carbocycles. The molecule has 0 aliphatic rings. The largest absolute Gasteiger partial charge is 0.480 e. The van der Waals surface area contributed by atoms with Gasteiger partial charge in [0.05, 0.1) is 5.69 Å². The Morgan fingerprint density at radius 1 is 1.24 bits per heavy atom. The molecular formula is C15H20N6O4. The topological polar surface area (TPSA) is 131 Å². The van der Waals surface area contributed by atoms with E-state index in [2.05, 4.69) is 20.8 Å². The number of rotatable bonds is 8. The van der Waals surface area contributed by atoms with E-state index >= 15 is 0 Å². The minimum atomic E-state index is -1.11. The number of carboxylic acids is 1. The fraction of sp³-hybridized carbons (Fsp3) is 0.400. The van der Waals surface area contributed by atoms with Crippen LogP contribution in [0.3, 0.4) is 0 Å². The summed E-state index contributed by atoms with van der Waals surface area (Å²) >= 11 is 0. The van der Waals surface area contributed by atoms with Crippen LogP contribution in [0.5, 0.6) is 0 Å². The molecule has 25 heavy (non-hydrogen) atoms. The lowest BCUT2D eigenvalue weighted by Crippen LogP contribution is -2.26. The Hall–Kier alpha value is -3.17. The summed E-state index contributed by atoms with van der Waals surface area (Å²) in [6, 6.07) is 1.40. The van der Waals surface area contributed by atoms with E-state index in [1.807, 2.05) is 13.8 Å². The third kappa shape index (κ3) is 4.43. The first-order valence-electron chi connectivity index (χ1n) is 7.86. The summed E-state index contributed by atoms with van der Waals surface area (Å²) in [6.07, 6.45) is 3.66. The molecule has 0 atom stereocenters.